The van der Waals surface area contributed by atoms with Gasteiger partial charge < -0.3 is 10.1 Å². The topological polar surface area (TPSA) is 69.0 Å². The minimum atomic E-state index is -0.00771. The molecule has 1 amide bonds. The Bertz CT molecular complexity index is 600. The van der Waals surface area contributed by atoms with Gasteiger partial charge in [0.05, 0.1) is 24.0 Å². The molecule has 0 aromatic carbocycles. The highest BCUT2D eigenvalue weighted by molar-refractivity contribution is 6.30. The number of ether oxygens (including phenoxy) is 1. The molecule has 7 heteroatoms. The van der Waals surface area contributed by atoms with E-state index in [2.05, 4.69) is 15.4 Å². The molecular weight excluding hydrogens is 292 g/mol. The molecule has 2 aromatic heterocycles. The molecule has 0 unspecified atom stereocenters. The number of carbonyl (C=O) groups excluding carboxylic acids is 1. The minimum absolute atomic E-state index is 0.00771. The molecule has 0 aliphatic heterocycles. The molecule has 0 fully saturated rings. The van der Waals surface area contributed by atoms with Crippen LogP contribution < -0.4 is 10.1 Å². The highest BCUT2D eigenvalue weighted by Gasteiger charge is 2.03. The second kappa shape index (κ2) is 7.64. The van der Waals surface area contributed by atoms with Crippen molar-refractivity contribution in [3.63, 3.8) is 0 Å². The highest BCUT2D eigenvalue weighted by Crippen LogP contribution is 2.14. The maximum absolute atomic E-state index is 11.7. The number of hydrogen-bond acceptors (Lipinski definition) is 4. The first-order valence-electron chi connectivity index (χ1n) is 6.61. The normalized spacial score (nSPS) is 10.4. The molecule has 1 N–H and O–H groups in total. The average molecular weight is 309 g/mol. The molecule has 0 saturated carbocycles. The van der Waals surface area contributed by atoms with Crippen molar-refractivity contribution in [1.82, 2.24) is 20.1 Å². The molecular formula is C14H17ClN4O2. The third-order valence-electron chi connectivity index (χ3n) is 2.77. The maximum Gasteiger partial charge on any atom is 0.220 e. The molecule has 0 aliphatic rings. The van der Waals surface area contributed by atoms with Crippen molar-refractivity contribution in [2.75, 3.05) is 13.2 Å². The SMILES string of the molecule is Cn1cc(CCC(=O)NCCOc2cncc(Cl)c2)cn1. The summed E-state index contributed by atoms with van der Waals surface area (Å²) in [5.41, 5.74) is 1.05. The van der Waals surface area contributed by atoms with Crippen molar-refractivity contribution in [2.24, 2.45) is 7.05 Å². The van der Waals surface area contributed by atoms with Gasteiger partial charge in [0.15, 0.2) is 0 Å². The number of hydrogen-bond donors (Lipinski definition) is 1. The van der Waals surface area contributed by atoms with Gasteiger partial charge >= 0.3 is 0 Å². The van der Waals surface area contributed by atoms with Crippen LogP contribution in [0.5, 0.6) is 5.75 Å². The molecule has 2 heterocycles. The Kier molecular flexibility index (Phi) is 5.57. The van der Waals surface area contributed by atoms with Crippen LogP contribution in [0.1, 0.15) is 12.0 Å². The second-order valence-corrected chi connectivity index (χ2v) is 5.00. The first-order valence-corrected chi connectivity index (χ1v) is 6.99. The first-order chi connectivity index (χ1) is 10.1. The van der Waals surface area contributed by atoms with E-state index in [1.807, 2.05) is 13.2 Å². The molecule has 21 heavy (non-hydrogen) atoms. The summed E-state index contributed by atoms with van der Waals surface area (Å²) in [6.45, 7) is 0.818. The van der Waals surface area contributed by atoms with E-state index in [1.54, 1.807) is 23.1 Å². The summed E-state index contributed by atoms with van der Waals surface area (Å²) in [6.07, 6.45) is 7.90. The lowest BCUT2D eigenvalue weighted by Gasteiger charge is -2.07. The minimum Gasteiger partial charge on any atom is -0.490 e. The van der Waals surface area contributed by atoms with Gasteiger partial charge in [0.1, 0.15) is 12.4 Å². The predicted molar refractivity (Wildman–Crippen MR) is 79.3 cm³/mol. The smallest absolute Gasteiger partial charge is 0.220 e. The lowest BCUT2D eigenvalue weighted by Crippen LogP contribution is -2.28. The van der Waals surface area contributed by atoms with Crippen LogP contribution >= 0.6 is 11.6 Å². The Hall–Kier alpha value is -2.08. The van der Waals surface area contributed by atoms with E-state index in [1.165, 1.54) is 6.20 Å². The van der Waals surface area contributed by atoms with Gasteiger partial charge in [-0.05, 0) is 12.0 Å². The third kappa shape index (κ3) is 5.43. The highest BCUT2D eigenvalue weighted by atomic mass is 35.5. The number of nitrogens with zero attached hydrogens (tertiary/aromatic N) is 3. The van der Waals surface area contributed by atoms with Gasteiger partial charge in [-0.2, -0.15) is 5.10 Å². The Morgan fingerprint density at radius 2 is 2.29 bits per heavy atom. The number of pyridine rings is 1. The van der Waals surface area contributed by atoms with E-state index in [4.69, 9.17) is 16.3 Å². The Morgan fingerprint density at radius 1 is 1.43 bits per heavy atom. The fourth-order valence-electron chi connectivity index (χ4n) is 1.78. The summed E-state index contributed by atoms with van der Waals surface area (Å²) in [6, 6.07) is 1.68. The molecule has 112 valence electrons. The van der Waals surface area contributed by atoms with Crippen LogP contribution in [0.2, 0.25) is 5.02 Å². The Morgan fingerprint density at radius 3 is 3.00 bits per heavy atom. The maximum atomic E-state index is 11.7. The number of nitrogens with one attached hydrogen (secondary N) is 1. The number of halogens is 1. The van der Waals surface area contributed by atoms with Gasteiger partial charge in [-0.15, -0.1) is 0 Å². The van der Waals surface area contributed by atoms with Gasteiger partial charge in [0, 0.05) is 31.9 Å². The lowest BCUT2D eigenvalue weighted by atomic mass is 10.2. The summed E-state index contributed by atoms with van der Waals surface area (Å²) in [7, 11) is 1.85. The van der Waals surface area contributed by atoms with Crippen molar-refractivity contribution in [1.29, 1.82) is 0 Å². The zero-order valence-electron chi connectivity index (χ0n) is 11.8. The fraction of sp³-hybridized carbons (Fsp3) is 0.357. The predicted octanol–water partition coefficient (Wildman–Crippen LogP) is 1.60. The van der Waals surface area contributed by atoms with Crippen molar-refractivity contribution in [2.45, 2.75) is 12.8 Å². The third-order valence-corrected chi connectivity index (χ3v) is 2.98. The van der Waals surface area contributed by atoms with Gasteiger partial charge in [-0.25, -0.2) is 0 Å². The van der Waals surface area contributed by atoms with E-state index >= 15 is 0 Å². The largest absolute Gasteiger partial charge is 0.490 e. The zero-order chi connectivity index (χ0) is 15.1. The summed E-state index contributed by atoms with van der Waals surface area (Å²) >= 11 is 5.79. The molecule has 0 aliphatic carbocycles. The van der Waals surface area contributed by atoms with Gasteiger partial charge in [0.2, 0.25) is 5.91 Å². The van der Waals surface area contributed by atoms with Crippen molar-refractivity contribution in [3.05, 3.63) is 41.4 Å². The summed E-state index contributed by atoms with van der Waals surface area (Å²) in [5.74, 6) is 0.582. The van der Waals surface area contributed by atoms with Crippen LogP contribution in [0, 0.1) is 0 Å². The fourth-order valence-corrected chi connectivity index (χ4v) is 1.94. The van der Waals surface area contributed by atoms with E-state index in [0.29, 0.717) is 36.8 Å². The Labute approximate surface area is 128 Å². The summed E-state index contributed by atoms with van der Waals surface area (Å²) in [4.78, 5) is 15.6. The zero-order valence-corrected chi connectivity index (χ0v) is 12.5. The van der Waals surface area contributed by atoms with E-state index in [-0.39, 0.29) is 5.91 Å². The number of amides is 1. The van der Waals surface area contributed by atoms with E-state index in [0.717, 1.165) is 5.56 Å². The lowest BCUT2D eigenvalue weighted by molar-refractivity contribution is -0.121. The number of aryl methyl sites for hydroxylation is 2. The monoisotopic (exact) mass is 308 g/mol. The molecule has 0 spiro atoms. The van der Waals surface area contributed by atoms with Crippen LogP contribution in [0.25, 0.3) is 0 Å². The van der Waals surface area contributed by atoms with Crippen molar-refractivity contribution >= 4 is 17.5 Å². The Balaban J connectivity index is 1.61. The van der Waals surface area contributed by atoms with Gasteiger partial charge in [0.25, 0.3) is 0 Å². The molecule has 0 atom stereocenters. The molecule has 2 aromatic rings. The van der Waals surface area contributed by atoms with Gasteiger partial charge in [-0.3, -0.25) is 14.5 Å². The van der Waals surface area contributed by atoms with Crippen LogP contribution in [-0.4, -0.2) is 33.8 Å². The summed E-state index contributed by atoms with van der Waals surface area (Å²) in [5, 5.41) is 7.38. The molecule has 0 radical (unpaired) electrons. The van der Waals surface area contributed by atoms with Crippen molar-refractivity contribution in [3.8, 4) is 5.75 Å². The average Bonchev–Trinajstić information content (AvgIpc) is 2.87. The molecule has 2 rings (SSSR count). The van der Waals surface area contributed by atoms with E-state index < -0.39 is 0 Å². The first kappa shape index (κ1) is 15.3. The van der Waals surface area contributed by atoms with E-state index in [9.17, 15) is 4.79 Å². The van der Waals surface area contributed by atoms with Crippen LogP contribution in [0.15, 0.2) is 30.9 Å². The molecule has 0 bridgehead atoms. The van der Waals surface area contributed by atoms with Crippen LogP contribution in [0.4, 0.5) is 0 Å². The second-order valence-electron chi connectivity index (χ2n) is 4.56. The quantitative estimate of drug-likeness (QED) is 0.789. The van der Waals surface area contributed by atoms with Crippen molar-refractivity contribution < 1.29 is 9.53 Å². The standard InChI is InChI=1S/C14H17ClN4O2/c1-19-10-11(7-18-19)2-3-14(20)17-4-5-21-13-6-12(15)8-16-9-13/h6-10H,2-5H2,1H3,(H,17,20). The summed E-state index contributed by atoms with van der Waals surface area (Å²) < 4.78 is 7.15. The van der Waals surface area contributed by atoms with Crippen LogP contribution in [0.3, 0.4) is 0 Å². The van der Waals surface area contributed by atoms with Crippen LogP contribution in [-0.2, 0) is 18.3 Å². The number of aromatic nitrogens is 3. The number of carbonyl (C=O) groups is 1. The number of rotatable bonds is 7. The van der Waals surface area contributed by atoms with Gasteiger partial charge in [-0.1, -0.05) is 11.6 Å². The molecule has 6 nitrogen and oxygen atoms in total. The molecule has 0 saturated heterocycles.